The van der Waals surface area contributed by atoms with Gasteiger partial charge >= 0.3 is 0 Å². The van der Waals surface area contributed by atoms with Gasteiger partial charge in [0, 0.05) is 9.77 Å². The van der Waals surface area contributed by atoms with E-state index in [9.17, 15) is 12.8 Å². The Morgan fingerprint density at radius 3 is 2.63 bits per heavy atom. The number of anilines is 1. The van der Waals surface area contributed by atoms with E-state index in [0.717, 1.165) is 9.64 Å². The van der Waals surface area contributed by atoms with E-state index in [-0.39, 0.29) is 10.7 Å². The smallest absolute Gasteiger partial charge is 0.263 e. The van der Waals surface area contributed by atoms with Crippen molar-refractivity contribution in [2.75, 3.05) is 4.72 Å². The third-order valence-electron chi connectivity index (χ3n) is 2.41. The van der Waals surface area contributed by atoms with Crippen LogP contribution in [-0.2, 0) is 10.0 Å². The van der Waals surface area contributed by atoms with E-state index in [1.807, 2.05) is 0 Å². The van der Waals surface area contributed by atoms with Crippen LogP contribution in [-0.4, -0.2) is 13.4 Å². The second kappa shape index (κ2) is 5.41. The Morgan fingerprint density at radius 2 is 2.00 bits per heavy atom. The summed E-state index contributed by atoms with van der Waals surface area (Å²) < 4.78 is 40.7. The average Bonchev–Trinajstić information content (AvgIpc) is 2.35. The van der Waals surface area contributed by atoms with Crippen LogP contribution in [0, 0.1) is 16.3 Å². The first-order valence-corrected chi connectivity index (χ1v) is 7.85. The van der Waals surface area contributed by atoms with Crippen molar-refractivity contribution in [1.82, 2.24) is 4.98 Å². The Hall–Kier alpha value is -1.22. The molecule has 0 spiro atoms. The van der Waals surface area contributed by atoms with Gasteiger partial charge in [-0.25, -0.2) is 17.8 Å². The minimum absolute atomic E-state index is 0.0900. The molecule has 7 heteroatoms. The number of benzene rings is 1. The van der Waals surface area contributed by atoms with Gasteiger partial charge in [-0.2, -0.15) is 0 Å². The normalized spacial score (nSPS) is 11.3. The number of hydrogen-bond acceptors (Lipinski definition) is 3. The zero-order valence-electron chi connectivity index (χ0n) is 9.89. The number of pyridine rings is 1. The minimum atomic E-state index is -3.83. The number of aromatic nitrogens is 1. The first-order chi connectivity index (χ1) is 8.88. The van der Waals surface area contributed by atoms with E-state index in [4.69, 9.17) is 0 Å². The molecule has 100 valence electrons. The van der Waals surface area contributed by atoms with Gasteiger partial charge in [-0.3, -0.25) is 4.72 Å². The summed E-state index contributed by atoms with van der Waals surface area (Å²) in [5, 5.41) is 0. The van der Waals surface area contributed by atoms with E-state index in [1.54, 1.807) is 19.1 Å². The number of halogens is 2. The molecule has 1 heterocycles. The van der Waals surface area contributed by atoms with E-state index in [2.05, 4.69) is 32.3 Å². The van der Waals surface area contributed by atoms with Crippen LogP contribution in [0.15, 0.2) is 41.4 Å². The number of aryl methyl sites for hydroxylation is 1. The van der Waals surface area contributed by atoms with Crippen LogP contribution in [0.25, 0.3) is 0 Å². The number of hydrogen-bond donors (Lipinski definition) is 1. The Bertz CT molecular complexity index is 702. The minimum Gasteiger partial charge on any atom is -0.263 e. The van der Waals surface area contributed by atoms with Crippen LogP contribution < -0.4 is 4.72 Å². The first kappa shape index (κ1) is 14.2. The number of nitrogens with one attached hydrogen (secondary N) is 1. The molecule has 0 fully saturated rings. The highest BCUT2D eigenvalue weighted by Gasteiger charge is 2.18. The Morgan fingerprint density at radius 1 is 1.26 bits per heavy atom. The lowest BCUT2D eigenvalue weighted by Crippen LogP contribution is -2.15. The lowest BCUT2D eigenvalue weighted by Gasteiger charge is -2.09. The van der Waals surface area contributed by atoms with Crippen LogP contribution in [0.2, 0.25) is 0 Å². The predicted octanol–water partition coefficient (Wildman–Crippen LogP) is 2.93. The lowest BCUT2D eigenvalue weighted by atomic mass is 10.2. The van der Waals surface area contributed by atoms with Gasteiger partial charge in [0.25, 0.3) is 10.0 Å². The third-order valence-corrected chi connectivity index (χ3v) is 4.54. The molecule has 0 saturated heterocycles. The van der Waals surface area contributed by atoms with E-state index >= 15 is 0 Å². The fourth-order valence-electron chi connectivity index (χ4n) is 1.49. The topological polar surface area (TPSA) is 59.1 Å². The zero-order valence-corrected chi connectivity index (χ0v) is 12.9. The fourth-order valence-corrected chi connectivity index (χ4v) is 3.08. The SMILES string of the molecule is Cc1ccc(F)cc1S(=O)(=O)Nc1ccc(I)cn1. The molecular formula is C12H10FIN2O2S. The molecule has 2 rings (SSSR count). The van der Waals surface area contributed by atoms with E-state index < -0.39 is 15.8 Å². The van der Waals surface area contributed by atoms with Gasteiger partial charge in [0.1, 0.15) is 11.6 Å². The molecule has 2 aromatic rings. The van der Waals surface area contributed by atoms with Crippen LogP contribution in [0.3, 0.4) is 0 Å². The molecule has 19 heavy (non-hydrogen) atoms. The van der Waals surface area contributed by atoms with Gasteiger partial charge in [-0.05, 0) is 59.3 Å². The number of sulfonamides is 1. The van der Waals surface area contributed by atoms with Crippen molar-refractivity contribution in [3.8, 4) is 0 Å². The highest BCUT2D eigenvalue weighted by atomic mass is 127. The first-order valence-electron chi connectivity index (χ1n) is 5.29. The molecule has 0 bridgehead atoms. The molecule has 0 aliphatic heterocycles. The summed E-state index contributed by atoms with van der Waals surface area (Å²) in [4.78, 5) is 3.86. The molecule has 0 aliphatic carbocycles. The largest absolute Gasteiger partial charge is 0.263 e. The summed E-state index contributed by atoms with van der Waals surface area (Å²) in [5.74, 6) is -0.398. The molecule has 0 radical (unpaired) electrons. The molecule has 0 saturated carbocycles. The van der Waals surface area contributed by atoms with Gasteiger partial charge in [-0.15, -0.1) is 0 Å². The van der Waals surface area contributed by atoms with Crippen molar-refractivity contribution in [3.05, 3.63) is 51.5 Å². The molecule has 1 N–H and O–H groups in total. The molecule has 0 unspecified atom stereocenters. The van der Waals surface area contributed by atoms with Gasteiger partial charge < -0.3 is 0 Å². The lowest BCUT2D eigenvalue weighted by molar-refractivity contribution is 0.594. The standard InChI is InChI=1S/C12H10FIN2O2S/c1-8-2-3-9(13)6-11(8)19(17,18)16-12-5-4-10(14)7-15-12/h2-7H,1H3,(H,15,16). The van der Waals surface area contributed by atoms with Gasteiger partial charge in [0.2, 0.25) is 0 Å². The van der Waals surface area contributed by atoms with Crippen LogP contribution in [0.5, 0.6) is 0 Å². The predicted molar refractivity (Wildman–Crippen MR) is 78.9 cm³/mol. The van der Waals surface area contributed by atoms with Gasteiger partial charge in [-0.1, -0.05) is 6.07 Å². The average molecular weight is 392 g/mol. The molecular weight excluding hydrogens is 382 g/mol. The van der Waals surface area contributed by atoms with Crippen molar-refractivity contribution in [1.29, 1.82) is 0 Å². The quantitative estimate of drug-likeness (QED) is 0.818. The monoisotopic (exact) mass is 392 g/mol. The zero-order chi connectivity index (χ0) is 14.0. The molecule has 1 aromatic heterocycles. The maximum Gasteiger partial charge on any atom is 0.263 e. The van der Waals surface area contributed by atoms with E-state index in [1.165, 1.54) is 18.3 Å². The maximum atomic E-state index is 13.2. The second-order valence-electron chi connectivity index (χ2n) is 3.88. The summed E-state index contributed by atoms with van der Waals surface area (Å²) in [6.07, 6.45) is 1.54. The highest BCUT2D eigenvalue weighted by molar-refractivity contribution is 14.1. The van der Waals surface area contributed by atoms with Gasteiger partial charge in [0.15, 0.2) is 0 Å². The third kappa shape index (κ3) is 3.41. The summed E-state index contributed by atoms with van der Waals surface area (Å²) in [7, 11) is -3.83. The highest BCUT2D eigenvalue weighted by Crippen LogP contribution is 2.19. The fraction of sp³-hybridized carbons (Fsp3) is 0.0833. The Kier molecular flexibility index (Phi) is 4.04. The molecule has 0 amide bonds. The van der Waals surface area contributed by atoms with Crippen molar-refractivity contribution < 1.29 is 12.8 Å². The Balaban J connectivity index is 2.37. The molecule has 0 aliphatic rings. The van der Waals surface area contributed by atoms with Crippen LogP contribution in [0.4, 0.5) is 10.2 Å². The molecule has 4 nitrogen and oxygen atoms in total. The van der Waals surface area contributed by atoms with Crippen molar-refractivity contribution in [2.24, 2.45) is 0 Å². The second-order valence-corrected chi connectivity index (χ2v) is 6.77. The number of nitrogens with zero attached hydrogens (tertiary/aromatic N) is 1. The van der Waals surface area contributed by atoms with Crippen molar-refractivity contribution in [2.45, 2.75) is 11.8 Å². The van der Waals surface area contributed by atoms with Crippen molar-refractivity contribution in [3.63, 3.8) is 0 Å². The Labute approximate surface area is 124 Å². The summed E-state index contributed by atoms with van der Waals surface area (Å²) in [6, 6.07) is 6.91. The van der Waals surface area contributed by atoms with Crippen LogP contribution >= 0.6 is 22.6 Å². The summed E-state index contributed by atoms with van der Waals surface area (Å²) >= 11 is 2.07. The van der Waals surface area contributed by atoms with Gasteiger partial charge in [0.05, 0.1) is 4.90 Å². The number of rotatable bonds is 3. The summed E-state index contributed by atoms with van der Waals surface area (Å²) in [6.45, 7) is 1.61. The van der Waals surface area contributed by atoms with E-state index in [0.29, 0.717) is 5.56 Å². The maximum absolute atomic E-state index is 13.2. The summed E-state index contributed by atoms with van der Waals surface area (Å²) in [5.41, 5.74) is 0.472. The molecule has 1 aromatic carbocycles. The van der Waals surface area contributed by atoms with Crippen molar-refractivity contribution >= 4 is 38.4 Å². The molecule has 0 atom stereocenters. The van der Waals surface area contributed by atoms with Crippen LogP contribution in [0.1, 0.15) is 5.56 Å².